The van der Waals surface area contributed by atoms with Crippen molar-refractivity contribution in [2.45, 2.75) is 43.4 Å². The van der Waals surface area contributed by atoms with E-state index in [4.69, 9.17) is 0 Å². The molecule has 2 heterocycles. The number of hydrogen-bond acceptors (Lipinski definition) is 7. The fraction of sp³-hybridized carbons (Fsp3) is 0.467. The van der Waals surface area contributed by atoms with Crippen LogP contribution in [0.25, 0.3) is 0 Å². The highest BCUT2D eigenvalue weighted by atomic mass is 32.2. The van der Waals surface area contributed by atoms with Gasteiger partial charge >= 0.3 is 0 Å². The second kappa shape index (κ2) is 7.64. The number of rotatable bonds is 6. The van der Waals surface area contributed by atoms with Crippen LogP contribution in [0, 0.1) is 0 Å². The van der Waals surface area contributed by atoms with Crippen molar-refractivity contribution in [3.8, 4) is 0 Å². The lowest BCUT2D eigenvalue weighted by Crippen LogP contribution is -2.33. The number of aromatic nitrogens is 3. The molecule has 11 heteroatoms. The van der Waals surface area contributed by atoms with Crippen molar-refractivity contribution in [2.75, 3.05) is 11.9 Å². The lowest BCUT2D eigenvalue weighted by Gasteiger charge is -2.15. The molecule has 0 bridgehead atoms. The molecule has 0 unspecified atom stereocenters. The molecular weight excluding hydrogens is 378 g/mol. The fourth-order valence-corrected chi connectivity index (χ4v) is 4.85. The van der Waals surface area contributed by atoms with Crippen molar-refractivity contribution in [2.24, 2.45) is 0 Å². The van der Waals surface area contributed by atoms with Crippen LogP contribution in [0.15, 0.2) is 21.3 Å². The molecule has 0 saturated carbocycles. The third kappa shape index (κ3) is 4.34. The molecule has 2 aromatic heterocycles. The van der Waals surface area contributed by atoms with E-state index in [1.54, 1.807) is 6.07 Å². The third-order valence-electron chi connectivity index (χ3n) is 3.92. The molecule has 1 aliphatic rings. The molecule has 0 saturated heterocycles. The summed E-state index contributed by atoms with van der Waals surface area (Å²) < 4.78 is 28.3. The Morgan fingerprint density at radius 1 is 1.35 bits per heavy atom. The molecule has 26 heavy (non-hydrogen) atoms. The van der Waals surface area contributed by atoms with Crippen LogP contribution in [0.5, 0.6) is 0 Å². The topological polar surface area (TPSA) is 123 Å². The molecule has 9 nitrogen and oxygen atoms in total. The minimum atomic E-state index is -3.76. The Kier molecular flexibility index (Phi) is 5.49. The van der Waals surface area contributed by atoms with Crippen molar-refractivity contribution in [1.29, 1.82) is 0 Å². The van der Waals surface area contributed by atoms with Crippen LogP contribution in [-0.4, -0.2) is 35.6 Å². The number of carbonyl (C=O) groups excluding carboxylic acids is 1. The van der Waals surface area contributed by atoms with Crippen LogP contribution in [0.3, 0.4) is 0 Å². The number of fused-ring (bicyclic) bond motifs is 1. The van der Waals surface area contributed by atoms with Gasteiger partial charge in [-0.3, -0.25) is 9.59 Å². The van der Waals surface area contributed by atoms with Gasteiger partial charge in [-0.05, 0) is 31.2 Å². The van der Waals surface area contributed by atoms with Crippen molar-refractivity contribution in [3.63, 3.8) is 0 Å². The molecule has 1 aliphatic carbocycles. The zero-order valence-electron chi connectivity index (χ0n) is 14.2. The number of nitrogens with one attached hydrogen (secondary N) is 2. The van der Waals surface area contributed by atoms with Crippen molar-refractivity contribution >= 4 is 32.4 Å². The maximum Gasteiger partial charge on any atom is 0.267 e. The van der Waals surface area contributed by atoms with Gasteiger partial charge < -0.3 is 5.32 Å². The van der Waals surface area contributed by atoms with Gasteiger partial charge in [0.1, 0.15) is 0 Å². The molecule has 0 aliphatic heterocycles. The quantitative estimate of drug-likeness (QED) is 0.732. The van der Waals surface area contributed by atoms with Crippen LogP contribution >= 0.6 is 11.3 Å². The Labute approximate surface area is 154 Å². The highest BCUT2D eigenvalue weighted by Crippen LogP contribution is 2.22. The van der Waals surface area contributed by atoms with Crippen molar-refractivity contribution in [3.05, 3.63) is 33.9 Å². The Morgan fingerprint density at radius 3 is 2.88 bits per heavy atom. The molecule has 0 aromatic carbocycles. The van der Waals surface area contributed by atoms with Gasteiger partial charge in [0.25, 0.3) is 15.6 Å². The molecule has 0 fully saturated rings. The monoisotopic (exact) mass is 397 g/mol. The first-order valence-corrected chi connectivity index (χ1v) is 10.5. The lowest BCUT2D eigenvalue weighted by molar-refractivity contribution is -0.114. The summed E-state index contributed by atoms with van der Waals surface area (Å²) in [6.07, 6.45) is 5.00. The smallest absolute Gasteiger partial charge is 0.267 e. The van der Waals surface area contributed by atoms with Gasteiger partial charge in [-0.15, -0.1) is 0 Å². The molecule has 1 amide bonds. The normalized spacial score (nSPS) is 14.0. The molecule has 2 N–H and O–H groups in total. The summed E-state index contributed by atoms with van der Waals surface area (Å²) in [5.41, 5.74) is 1.69. The Bertz CT molecular complexity index is 980. The van der Waals surface area contributed by atoms with E-state index in [2.05, 4.69) is 20.1 Å². The zero-order valence-corrected chi connectivity index (χ0v) is 15.8. The fourth-order valence-electron chi connectivity index (χ4n) is 2.71. The molecular formula is C15H19N5O4S2. The minimum Gasteiger partial charge on any atom is -0.302 e. The SMILES string of the molecule is CC(=O)Nc1ncc(S(=O)(=O)NCCn2nc3c(cc2=O)CCCC3)s1. The van der Waals surface area contributed by atoms with Crippen LogP contribution in [-0.2, 0) is 34.2 Å². The van der Waals surface area contributed by atoms with Gasteiger partial charge in [0.05, 0.1) is 18.4 Å². The van der Waals surface area contributed by atoms with Gasteiger partial charge in [0.2, 0.25) is 5.91 Å². The van der Waals surface area contributed by atoms with Crippen LogP contribution in [0.1, 0.15) is 31.0 Å². The van der Waals surface area contributed by atoms with Gasteiger partial charge in [0, 0.05) is 19.5 Å². The van der Waals surface area contributed by atoms with Crippen molar-refractivity contribution < 1.29 is 13.2 Å². The summed E-state index contributed by atoms with van der Waals surface area (Å²) in [5, 5.41) is 7.00. The highest BCUT2D eigenvalue weighted by Gasteiger charge is 2.18. The molecule has 140 valence electrons. The molecule has 0 atom stereocenters. The number of aryl methyl sites for hydroxylation is 2. The second-order valence-electron chi connectivity index (χ2n) is 5.95. The van der Waals surface area contributed by atoms with Gasteiger partial charge in [-0.25, -0.2) is 22.8 Å². The number of thiazole rings is 1. The molecule has 0 radical (unpaired) electrons. The number of amides is 1. The average molecular weight is 397 g/mol. The zero-order chi connectivity index (χ0) is 18.7. The van der Waals surface area contributed by atoms with E-state index < -0.39 is 10.0 Å². The minimum absolute atomic E-state index is 0.00741. The predicted molar refractivity (Wildman–Crippen MR) is 96.7 cm³/mol. The first kappa shape index (κ1) is 18.7. The van der Waals surface area contributed by atoms with Gasteiger partial charge in [-0.1, -0.05) is 11.3 Å². The Balaban J connectivity index is 1.64. The molecule has 2 aromatic rings. The summed E-state index contributed by atoms with van der Waals surface area (Å²) >= 11 is 0.858. The summed E-state index contributed by atoms with van der Waals surface area (Å²) in [4.78, 5) is 26.9. The highest BCUT2D eigenvalue weighted by molar-refractivity contribution is 7.91. The summed E-state index contributed by atoms with van der Waals surface area (Å²) in [7, 11) is -3.76. The van der Waals surface area contributed by atoms with E-state index in [9.17, 15) is 18.0 Å². The first-order valence-electron chi connectivity index (χ1n) is 8.18. The maximum atomic E-state index is 12.3. The number of anilines is 1. The lowest BCUT2D eigenvalue weighted by atomic mass is 9.97. The van der Waals surface area contributed by atoms with Gasteiger partial charge in [0.15, 0.2) is 9.34 Å². The second-order valence-corrected chi connectivity index (χ2v) is 8.97. The summed E-state index contributed by atoms with van der Waals surface area (Å²) in [6.45, 7) is 1.49. The van der Waals surface area contributed by atoms with Crippen LogP contribution < -0.4 is 15.6 Å². The number of hydrogen-bond donors (Lipinski definition) is 2. The van der Waals surface area contributed by atoms with Gasteiger partial charge in [-0.2, -0.15) is 5.10 Å². The Hall–Kier alpha value is -2.11. The Morgan fingerprint density at radius 2 is 2.12 bits per heavy atom. The largest absolute Gasteiger partial charge is 0.302 e. The van der Waals surface area contributed by atoms with E-state index in [-0.39, 0.29) is 33.9 Å². The number of carbonyl (C=O) groups is 1. The molecule has 0 spiro atoms. The van der Waals surface area contributed by atoms with Crippen molar-refractivity contribution in [1.82, 2.24) is 19.5 Å². The van der Waals surface area contributed by atoms with E-state index >= 15 is 0 Å². The van der Waals surface area contributed by atoms with E-state index in [0.717, 1.165) is 48.3 Å². The van der Waals surface area contributed by atoms with E-state index in [1.165, 1.54) is 17.8 Å². The summed E-state index contributed by atoms with van der Waals surface area (Å²) in [6, 6.07) is 1.60. The maximum absolute atomic E-state index is 12.3. The van der Waals surface area contributed by atoms with E-state index in [0.29, 0.717) is 0 Å². The van der Waals surface area contributed by atoms with Crippen LogP contribution in [0.2, 0.25) is 0 Å². The average Bonchev–Trinajstić information content (AvgIpc) is 3.04. The number of sulfonamides is 1. The molecule has 3 rings (SSSR count). The van der Waals surface area contributed by atoms with E-state index in [1.807, 2.05) is 0 Å². The number of nitrogens with zero attached hydrogens (tertiary/aromatic N) is 3. The predicted octanol–water partition coefficient (Wildman–Crippen LogP) is 0.515. The van der Waals surface area contributed by atoms with Crippen LogP contribution in [0.4, 0.5) is 5.13 Å². The first-order chi connectivity index (χ1) is 12.3. The summed E-state index contributed by atoms with van der Waals surface area (Å²) in [5.74, 6) is -0.325. The third-order valence-corrected chi connectivity index (χ3v) is 6.76. The standard InChI is InChI=1S/C15H19N5O4S2/c1-10(21)18-15-16-9-14(25-15)26(23,24)17-6-7-20-13(22)8-11-4-2-3-5-12(11)19-20/h8-9,17H,2-7H2,1H3,(H,16,18,21).